The van der Waals surface area contributed by atoms with Gasteiger partial charge in [-0.05, 0) is 26.0 Å². The van der Waals surface area contributed by atoms with Crippen molar-refractivity contribution in [3.8, 4) is 0 Å². The van der Waals surface area contributed by atoms with E-state index in [0.717, 1.165) is 0 Å². The van der Waals surface area contributed by atoms with Crippen LogP contribution in [0.2, 0.25) is 4.34 Å². The van der Waals surface area contributed by atoms with Crippen LogP contribution in [0.4, 0.5) is 0 Å². The lowest BCUT2D eigenvalue weighted by molar-refractivity contribution is -0.139. The Kier molecular flexibility index (Phi) is 3.96. The van der Waals surface area contributed by atoms with Crippen molar-refractivity contribution in [3.63, 3.8) is 0 Å². The molecular formula is C12H16ClNO3S. The van der Waals surface area contributed by atoms with Gasteiger partial charge in [-0.15, -0.1) is 11.3 Å². The molecule has 0 aliphatic carbocycles. The average molecular weight is 290 g/mol. The molecule has 2 rings (SSSR count). The van der Waals surface area contributed by atoms with Crippen LogP contribution in [0.1, 0.15) is 23.5 Å². The zero-order valence-electron chi connectivity index (χ0n) is 10.4. The van der Waals surface area contributed by atoms with Gasteiger partial charge < -0.3 is 14.7 Å². The van der Waals surface area contributed by atoms with Gasteiger partial charge in [-0.3, -0.25) is 4.79 Å². The number of aliphatic hydroxyl groups is 1. The van der Waals surface area contributed by atoms with Crippen molar-refractivity contribution < 1.29 is 14.6 Å². The van der Waals surface area contributed by atoms with Gasteiger partial charge in [0.2, 0.25) is 0 Å². The lowest BCUT2D eigenvalue weighted by atomic mass is 10.1. The van der Waals surface area contributed by atoms with E-state index < -0.39 is 5.60 Å². The summed E-state index contributed by atoms with van der Waals surface area (Å²) in [6.07, 6.45) is -0.326. The minimum atomic E-state index is -0.442. The molecule has 0 spiro atoms. The second kappa shape index (κ2) is 5.17. The zero-order valence-corrected chi connectivity index (χ0v) is 11.9. The van der Waals surface area contributed by atoms with Crippen LogP contribution in [0.25, 0.3) is 0 Å². The topological polar surface area (TPSA) is 49.8 Å². The molecule has 1 aliphatic rings. The first-order chi connectivity index (χ1) is 8.41. The van der Waals surface area contributed by atoms with Crippen LogP contribution < -0.4 is 0 Å². The van der Waals surface area contributed by atoms with E-state index in [1.54, 1.807) is 17.0 Å². The van der Waals surface area contributed by atoms with E-state index in [4.69, 9.17) is 16.3 Å². The summed E-state index contributed by atoms with van der Waals surface area (Å²) in [6.45, 7) is 4.66. The zero-order chi connectivity index (χ0) is 13.3. The molecule has 1 atom stereocenters. The smallest absolute Gasteiger partial charge is 0.264 e. The largest absolute Gasteiger partial charge is 0.394 e. The normalized spacial score (nSPS) is 23.1. The first-order valence-electron chi connectivity index (χ1n) is 5.74. The van der Waals surface area contributed by atoms with E-state index in [1.807, 2.05) is 13.8 Å². The fourth-order valence-corrected chi connectivity index (χ4v) is 3.14. The third-order valence-electron chi connectivity index (χ3n) is 2.76. The van der Waals surface area contributed by atoms with Crippen LogP contribution in [0.3, 0.4) is 0 Å². The molecule has 1 aliphatic heterocycles. The molecule has 0 bridgehead atoms. The van der Waals surface area contributed by atoms with Crippen LogP contribution in [-0.4, -0.2) is 47.3 Å². The third kappa shape index (κ3) is 3.03. The van der Waals surface area contributed by atoms with Gasteiger partial charge in [-0.2, -0.15) is 0 Å². The molecule has 1 amide bonds. The first kappa shape index (κ1) is 13.8. The van der Waals surface area contributed by atoms with Crippen LogP contribution >= 0.6 is 22.9 Å². The van der Waals surface area contributed by atoms with Crippen LogP contribution in [0.5, 0.6) is 0 Å². The molecule has 0 aromatic carbocycles. The van der Waals surface area contributed by atoms with Crippen LogP contribution in [-0.2, 0) is 4.74 Å². The van der Waals surface area contributed by atoms with Gasteiger partial charge in [0.05, 0.1) is 27.5 Å². The van der Waals surface area contributed by atoms with Crippen molar-refractivity contribution >= 4 is 28.8 Å². The number of aliphatic hydroxyl groups excluding tert-OH is 1. The number of hydrogen-bond donors (Lipinski definition) is 1. The minimum Gasteiger partial charge on any atom is -0.394 e. The molecule has 1 saturated heterocycles. The van der Waals surface area contributed by atoms with E-state index in [0.29, 0.717) is 22.3 Å². The van der Waals surface area contributed by atoms with Crippen molar-refractivity contribution in [2.75, 3.05) is 19.7 Å². The molecule has 1 fully saturated rings. The fourth-order valence-electron chi connectivity index (χ4n) is 2.13. The van der Waals surface area contributed by atoms with E-state index >= 15 is 0 Å². The number of nitrogens with zero attached hydrogens (tertiary/aromatic N) is 1. The molecule has 1 unspecified atom stereocenters. The predicted molar refractivity (Wildman–Crippen MR) is 71.3 cm³/mol. The predicted octanol–water partition coefficient (Wildman–Crippen LogP) is 2.01. The maximum atomic E-state index is 12.3. The second-order valence-electron chi connectivity index (χ2n) is 4.97. The number of hydrogen-bond acceptors (Lipinski definition) is 4. The summed E-state index contributed by atoms with van der Waals surface area (Å²) in [5.74, 6) is -0.0540. The highest BCUT2D eigenvalue weighted by molar-refractivity contribution is 7.17. The Morgan fingerprint density at radius 2 is 2.39 bits per heavy atom. The van der Waals surface area contributed by atoms with E-state index in [2.05, 4.69) is 0 Å². The molecule has 0 saturated carbocycles. The highest BCUT2D eigenvalue weighted by Gasteiger charge is 2.35. The maximum Gasteiger partial charge on any atom is 0.264 e. The van der Waals surface area contributed by atoms with Crippen LogP contribution in [0, 0.1) is 0 Å². The molecule has 1 aromatic rings. The second-order valence-corrected chi connectivity index (χ2v) is 6.69. The van der Waals surface area contributed by atoms with Gasteiger partial charge in [0.25, 0.3) is 5.91 Å². The molecule has 0 radical (unpaired) electrons. The highest BCUT2D eigenvalue weighted by Crippen LogP contribution is 2.26. The quantitative estimate of drug-likeness (QED) is 0.906. The Bertz CT molecular complexity index is 446. The number of thiophene rings is 1. The highest BCUT2D eigenvalue weighted by atomic mass is 35.5. The van der Waals surface area contributed by atoms with Gasteiger partial charge in [0, 0.05) is 13.1 Å². The lowest BCUT2D eigenvalue weighted by Crippen LogP contribution is -2.55. The first-order valence-corrected chi connectivity index (χ1v) is 6.94. The Morgan fingerprint density at radius 3 is 2.94 bits per heavy atom. The summed E-state index contributed by atoms with van der Waals surface area (Å²) >= 11 is 7.11. The number of carbonyl (C=O) groups is 1. The van der Waals surface area contributed by atoms with Crippen molar-refractivity contribution in [1.29, 1.82) is 0 Å². The number of carbonyl (C=O) groups excluding carboxylic acids is 1. The summed E-state index contributed by atoms with van der Waals surface area (Å²) in [5.41, 5.74) is -0.442. The van der Waals surface area contributed by atoms with Crippen molar-refractivity contribution in [1.82, 2.24) is 4.90 Å². The molecule has 100 valence electrons. The van der Waals surface area contributed by atoms with Gasteiger partial charge >= 0.3 is 0 Å². The summed E-state index contributed by atoms with van der Waals surface area (Å²) in [4.78, 5) is 14.6. The van der Waals surface area contributed by atoms with E-state index in [-0.39, 0.29) is 18.6 Å². The van der Waals surface area contributed by atoms with Gasteiger partial charge in [-0.1, -0.05) is 11.6 Å². The number of halogens is 1. The van der Waals surface area contributed by atoms with Gasteiger partial charge in [-0.25, -0.2) is 0 Å². The summed E-state index contributed by atoms with van der Waals surface area (Å²) < 4.78 is 6.28. The van der Waals surface area contributed by atoms with Gasteiger partial charge in [0.1, 0.15) is 0 Å². The molecular weight excluding hydrogens is 274 g/mol. The van der Waals surface area contributed by atoms with Crippen LogP contribution in [0.15, 0.2) is 12.1 Å². The number of amides is 1. The molecule has 2 heterocycles. The maximum absolute atomic E-state index is 12.3. The Labute approximate surface area is 115 Å². The Hall–Kier alpha value is -0.620. The Morgan fingerprint density at radius 1 is 1.67 bits per heavy atom. The van der Waals surface area contributed by atoms with E-state index in [9.17, 15) is 9.90 Å². The standard InChI is InChI=1S/C12H16ClNO3S/c1-12(2)7-14(5-8(6-15)17-12)11(16)9-3-4-10(13)18-9/h3-4,8,15H,5-7H2,1-2H3. The minimum absolute atomic E-state index is 0.0540. The third-order valence-corrected chi connectivity index (χ3v) is 3.98. The molecule has 6 heteroatoms. The Balaban J connectivity index is 2.14. The summed E-state index contributed by atoms with van der Waals surface area (Å²) in [5, 5.41) is 9.22. The van der Waals surface area contributed by atoms with Gasteiger partial charge in [0.15, 0.2) is 0 Å². The fraction of sp³-hybridized carbons (Fsp3) is 0.583. The summed E-state index contributed by atoms with van der Waals surface area (Å²) in [6, 6.07) is 3.44. The van der Waals surface area contributed by atoms with Crippen molar-refractivity contribution in [3.05, 3.63) is 21.3 Å². The van der Waals surface area contributed by atoms with E-state index in [1.165, 1.54) is 11.3 Å². The number of ether oxygens (including phenoxy) is 1. The molecule has 18 heavy (non-hydrogen) atoms. The summed E-state index contributed by atoms with van der Waals surface area (Å²) in [7, 11) is 0. The molecule has 4 nitrogen and oxygen atoms in total. The average Bonchev–Trinajstić information content (AvgIpc) is 2.72. The molecule has 1 N–H and O–H groups in total. The number of morpholine rings is 1. The van der Waals surface area contributed by atoms with Crippen molar-refractivity contribution in [2.24, 2.45) is 0 Å². The lowest BCUT2D eigenvalue weighted by Gasteiger charge is -2.42. The monoisotopic (exact) mass is 289 g/mol. The van der Waals surface area contributed by atoms with Crippen molar-refractivity contribution in [2.45, 2.75) is 25.6 Å². The molecule has 1 aromatic heterocycles. The number of rotatable bonds is 2. The SMILES string of the molecule is CC1(C)CN(C(=O)c2ccc(Cl)s2)CC(CO)O1.